The molecular formula is C15H13N3O2. The van der Waals surface area contributed by atoms with Gasteiger partial charge in [-0.25, -0.2) is 4.98 Å². The van der Waals surface area contributed by atoms with Crippen molar-refractivity contribution in [2.45, 2.75) is 12.3 Å². The van der Waals surface area contributed by atoms with E-state index in [0.717, 1.165) is 23.9 Å². The molecule has 3 aromatic rings. The van der Waals surface area contributed by atoms with E-state index in [2.05, 4.69) is 15.1 Å². The van der Waals surface area contributed by atoms with Crippen molar-refractivity contribution in [3.05, 3.63) is 42.2 Å². The Morgan fingerprint density at radius 1 is 1.05 bits per heavy atom. The SMILES string of the molecule is c1ccc2nc(-c3nc([C@@H]4CCOC4)no3)ccc2c1. The Morgan fingerprint density at radius 3 is 2.90 bits per heavy atom. The lowest BCUT2D eigenvalue weighted by Gasteiger charge is -1.99. The minimum absolute atomic E-state index is 0.243. The molecule has 0 bridgehead atoms. The van der Waals surface area contributed by atoms with Gasteiger partial charge in [-0.15, -0.1) is 0 Å². The van der Waals surface area contributed by atoms with E-state index in [-0.39, 0.29) is 5.92 Å². The van der Waals surface area contributed by atoms with E-state index >= 15 is 0 Å². The largest absolute Gasteiger partial charge is 0.381 e. The van der Waals surface area contributed by atoms with Crippen LogP contribution in [0.4, 0.5) is 0 Å². The topological polar surface area (TPSA) is 61.0 Å². The third-order valence-corrected chi connectivity index (χ3v) is 3.55. The first-order valence-corrected chi connectivity index (χ1v) is 6.68. The average Bonchev–Trinajstić information content (AvgIpc) is 3.17. The van der Waals surface area contributed by atoms with Crippen LogP contribution in [0, 0.1) is 0 Å². The molecule has 1 aromatic carbocycles. The number of para-hydroxylation sites is 1. The fraction of sp³-hybridized carbons (Fsp3) is 0.267. The summed E-state index contributed by atoms with van der Waals surface area (Å²) in [4.78, 5) is 9.01. The molecule has 5 nitrogen and oxygen atoms in total. The molecule has 1 atom stereocenters. The highest BCUT2D eigenvalue weighted by molar-refractivity contribution is 5.80. The van der Waals surface area contributed by atoms with Crippen molar-refractivity contribution in [3.63, 3.8) is 0 Å². The zero-order chi connectivity index (χ0) is 13.4. The van der Waals surface area contributed by atoms with E-state index in [4.69, 9.17) is 9.26 Å². The Bertz CT molecular complexity index is 747. The van der Waals surface area contributed by atoms with Crippen LogP contribution in [-0.4, -0.2) is 28.3 Å². The molecule has 100 valence electrons. The summed E-state index contributed by atoms with van der Waals surface area (Å²) in [5, 5.41) is 5.15. The minimum atomic E-state index is 0.243. The molecule has 0 N–H and O–H groups in total. The normalized spacial score (nSPS) is 18.7. The lowest BCUT2D eigenvalue weighted by molar-refractivity contribution is 0.192. The summed E-state index contributed by atoms with van der Waals surface area (Å²) in [6, 6.07) is 11.9. The fourth-order valence-corrected chi connectivity index (χ4v) is 2.43. The Labute approximate surface area is 115 Å². The number of pyridine rings is 1. The Balaban J connectivity index is 1.71. The third-order valence-electron chi connectivity index (χ3n) is 3.55. The van der Waals surface area contributed by atoms with Crippen LogP contribution in [0.15, 0.2) is 40.9 Å². The summed E-state index contributed by atoms with van der Waals surface area (Å²) >= 11 is 0. The highest BCUT2D eigenvalue weighted by Gasteiger charge is 2.23. The number of nitrogens with zero attached hydrogens (tertiary/aromatic N) is 3. The van der Waals surface area contributed by atoms with Crippen molar-refractivity contribution in [3.8, 4) is 11.6 Å². The van der Waals surface area contributed by atoms with E-state index in [1.165, 1.54) is 0 Å². The van der Waals surface area contributed by atoms with Gasteiger partial charge in [0.2, 0.25) is 0 Å². The van der Waals surface area contributed by atoms with Crippen molar-refractivity contribution in [1.82, 2.24) is 15.1 Å². The molecule has 20 heavy (non-hydrogen) atoms. The van der Waals surface area contributed by atoms with Crippen LogP contribution in [0.3, 0.4) is 0 Å². The van der Waals surface area contributed by atoms with Crippen molar-refractivity contribution in [1.29, 1.82) is 0 Å². The molecule has 0 aliphatic carbocycles. The first-order valence-electron chi connectivity index (χ1n) is 6.68. The van der Waals surface area contributed by atoms with Gasteiger partial charge in [-0.1, -0.05) is 29.4 Å². The average molecular weight is 267 g/mol. The molecule has 0 radical (unpaired) electrons. The summed E-state index contributed by atoms with van der Waals surface area (Å²) in [7, 11) is 0. The van der Waals surface area contributed by atoms with Gasteiger partial charge in [0, 0.05) is 17.9 Å². The molecular weight excluding hydrogens is 254 g/mol. The summed E-state index contributed by atoms with van der Waals surface area (Å²) in [5.74, 6) is 1.43. The third kappa shape index (κ3) is 1.96. The molecule has 0 amide bonds. The zero-order valence-corrected chi connectivity index (χ0v) is 10.8. The number of aromatic nitrogens is 3. The summed E-state index contributed by atoms with van der Waals surface area (Å²) in [6.07, 6.45) is 0.949. The number of rotatable bonds is 2. The standard InChI is InChI=1S/C15H13N3O2/c1-2-4-12-10(3-1)5-6-13(16-12)15-17-14(18-20-15)11-7-8-19-9-11/h1-6,11H,7-9H2/t11-/m1/s1. The maximum atomic E-state index is 5.35. The molecule has 2 aromatic heterocycles. The monoisotopic (exact) mass is 267 g/mol. The summed E-state index contributed by atoms with van der Waals surface area (Å²) in [6.45, 7) is 1.44. The van der Waals surface area contributed by atoms with Crippen LogP contribution in [-0.2, 0) is 4.74 Å². The van der Waals surface area contributed by atoms with Crippen LogP contribution in [0.1, 0.15) is 18.2 Å². The Hall–Kier alpha value is -2.27. The number of hydrogen-bond acceptors (Lipinski definition) is 5. The van der Waals surface area contributed by atoms with E-state index in [0.29, 0.717) is 24.0 Å². The van der Waals surface area contributed by atoms with Crippen LogP contribution < -0.4 is 0 Å². The van der Waals surface area contributed by atoms with E-state index in [9.17, 15) is 0 Å². The molecule has 1 saturated heterocycles. The second-order valence-corrected chi connectivity index (χ2v) is 4.91. The zero-order valence-electron chi connectivity index (χ0n) is 10.8. The molecule has 0 unspecified atom stereocenters. The maximum Gasteiger partial charge on any atom is 0.276 e. The van der Waals surface area contributed by atoms with E-state index in [1.807, 2.05) is 36.4 Å². The number of ether oxygens (including phenoxy) is 1. The smallest absolute Gasteiger partial charge is 0.276 e. The van der Waals surface area contributed by atoms with Gasteiger partial charge in [0.1, 0.15) is 5.69 Å². The molecule has 5 heteroatoms. The number of benzene rings is 1. The van der Waals surface area contributed by atoms with Crippen molar-refractivity contribution in [2.75, 3.05) is 13.2 Å². The van der Waals surface area contributed by atoms with Gasteiger partial charge in [0.05, 0.1) is 12.1 Å². The molecule has 4 rings (SSSR count). The predicted octanol–water partition coefficient (Wildman–Crippen LogP) is 2.79. The molecule has 1 fully saturated rings. The van der Waals surface area contributed by atoms with Crippen molar-refractivity contribution < 1.29 is 9.26 Å². The van der Waals surface area contributed by atoms with E-state index in [1.54, 1.807) is 0 Å². The van der Waals surface area contributed by atoms with Crippen LogP contribution in [0.5, 0.6) is 0 Å². The Kier molecular flexibility index (Phi) is 2.70. The van der Waals surface area contributed by atoms with Crippen LogP contribution in [0.2, 0.25) is 0 Å². The van der Waals surface area contributed by atoms with Gasteiger partial charge in [0.25, 0.3) is 5.89 Å². The lowest BCUT2D eigenvalue weighted by atomic mass is 10.1. The van der Waals surface area contributed by atoms with Gasteiger partial charge in [-0.3, -0.25) is 0 Å². The van der Waals surface area contributed by atoms with Crippen molar-refractivity contribution in [2.24, 2.45) is 0 Å². The van der Waals surface area contributed by atoms with Gasteiger partial charge in [-0.2, -0.15) is 4.98 Å². The quantitative estimate of drug-likeness (QED) is 0.714. The predicted molar refractivity (Wildman–Crippen MR) is 73.2 cm³/mol. The molecule has 1 aliphatic heterocycles. The van der Waals surface area contributed by atoms with Gasteiger partial charge < -0.3 is 9.26 Å². The van der Waals surface area contributed by atoms with Crippen molar-refractivity contribution >= 4 is 10.9 Å². The number of fused-ring (bicyclic) bond motifs is 1. The molecule has 1 aliphatic rings. The fourth-order valence-electron chi connectivity index (χ4n) is 2.43. The van der Waals surface area contributed by atoms with Gasteiger partial charge >= 0.3 is 0 Å². The van der Waals surface area contributed by atoms with Gasteiger partial charge in [0.15, 0.2) is 5.82 Å². The summed E-state index contributed by atoms with van der Waals surface area (Å²) < 4.78 is 10.7. The second kappa shape index (κ2) is 4.68. The minimum Gasteiger partial charge on any atom is -0.381 e. The molecule has 0 saturated carbocycles. The highest BCUT2D eigenvalue weighted by atomic mass is 16.5. The lowest BCUT2D eigenvalue weighted by Crippen LogP contribution is -1.99. The van der Waals surface area contributed by atoms with E-state index < -0.39 is 0 Å². The summed E-state index contributed by atoms with van der Waals surface area (Å²) in [5.41, 5.74) is 1.63. The first-order chi connectivity index (χ1) is 9.90. The first kappa shape index (κ1) is 11.5. The Morgan fingerprint density at radius 2 is 2.00 bits per heavy atom. The van der Waals surface area contributed by atoms with Crippen LogP contribution in [0.25, 0.3) is 22.5 Å². The highest BCUT2D eigenvalue weighted by Crippen LogP contribution is 2.25. The molecule has 0 spiro atoms. The maximum absolute atomic E-state index is 5.35. The number of hydrogen-bond donors (Lipinski definition) is 0. The van der Waals surface area contributed by atoms with Crippen LogP contribution >= 0.6 is 0 Å². The molecule has 3 heterocycles. The second-order valence-electron chi connectivity index (χ2n) is 4.91. The van der Waals surface area contributed by atoms with Gasteiger partial charge in [-0.05, 0) is 18.6 Å².